The highest BCUT2D eigenvalue weighted by Crippen LogP contribution is 2.28. The van der Waals surface area contributed by atoms with Crippen molar-refractivity contribution in [2.75, 3.05) is 23.7 Å². The molecule has 1 rings (SSSR count). The number of aromatic hydroxyl groups is 1. The third-order valence-corrected chi connectivity index (χ3v) is 3.39. The molecule has 0 heterocycles. The van der Waals surface area contributed by atoms with Gasteiger partial charge in [0.15, 0.2) is 0 Å². The van der Waals surface area contributed by atoms with E-state index < -0.39 is 14.9 Å². The smallest absolute Gasteiger partial charge is 0.271 e. The van der Waals surface area contributed by atoms with Gasteiger partial charge < -0.3 is 9.84 Å². The van der Waals surface area contributed by atoms with E-state index in [1.165, 1.54) is 0 Å². The van der Waals surface area contributed by atoms with Gasteiger partial charge in [0.1, 0.15) is 5.75 Å². The van der Waals surface area contributed by atoms with Crippen LogP contribution in [0.25, 0.3) is 0 Å². The Hall–Kier alpha value is -1.87. The number of ether oxygens (including phenoxy) is 1. The summed E-state index contributed by atoms with van der Waals surface area (Å²) in [7, 11) is -3.73. The Labute approximate surface area is 110 Å². The first-order valence-corrected chi connectivity index (χ1v) is 7.06. The van der Waals surface area contributed by atoms with Crippen molar-refractivity contribution in [1.29, 1.82) is 0 Å². The maximum atomic E-state index is 11.6. The number of nitro benzene ring substituents is 1. The Kier molecular flexibility index (Phi) is 5.07. The van der Waals surface area contributed by atoms with Crippen LogP contribution in [0, 0.1) is 10.1 Å². The van der Waals surface area contributed by atoms with Gasteiger partial charge in [-0.1, -0.05) is 0 Å². The second-order valence-corrected chi connectivity index (χ2v) is 5.42. The quantitative estimate of drug-likeness (QED) is 0.335. The molecular weight excluding hydrogens is 276 g/mol. The number of anilines is 1. The largest absolute Gasteiger partial charge is 0.506 e. The molecule has 0 saturated carbocycles. The average Bonchev–Trinajstić information content (AvgIpc) is 2.31. The molecule has 0 spiro atoms. The predicted molar refractivity (Wildman–Crippen MR) is 68.7 cm³/mol. The molecule has 0 radical (unpaired) electrons. The van der Waals surface area contributed by atoms with Crippen LogP contribution in [0.3, 0.4) is 0 Å². The summed E-state index contributed by atoms with van der Waals surface area (Å²) in [4.78, 5) is 9.88. The van der Waals surface area contributed by atoms with Gasteiger partial charge in [-0.25, -0.2) is 8.42 Å². The molecule has 0 aliphatic carbocycles. The zero-order valence-electron chi connectivity index (χ0n) is 10.2. The summed E-state index contributed by atoms with van der Waals surface area (Å²) in [6, 6.07) is 3.08. The van der Waals surface area contributed by atoms with Crippen molar-refractivity contribution in [3.63, 3.8) is 0 Å². The number of nitrogens with zero attached hydrogens (tertiary/aromatic N) is 1. The SMILES string of the molecule is CCOCCS(=O)(=O)Nc1cc([N+](=O)[O-])ccc1O. The third-order valence-electron chi connectivity index (χ3n) is 2.16. The Morgan fingerprint density at radius 3 is 2.74 bits per heavy atom. The minimum atomic E-state index is -3.73. The van der Waals surface area contributed by atoms with Crippen LogP contribution in [0.15, 0.2) is 18.2 Å². The lowest BCUT2D eigenvalue weighted by Gasteiger charge is -2.09. The van der Waals surface area contributed by atoms with E-state index in [0.29, 0.717) is 6.61 Å². The number of hydrogen-bond acceptors (Lipinski definition) is 6. The summed E-state index contributed by atoms with van der Waals surface area (Å²) >= 11 is 0. The van der Waals surface area contributed by atoms with E-state index in [0.717, 1.165) is 18.2 Å². The molecule has 2 N–H and O–H groups in total. The molecule has 19 heavy (non-hydrogen) atoms. The van der Waals surface area contributed by atoms with Crippen LogP contribution < -0.4 is 4.72 Å². The summed E-state index contributed by atoms with van der Waals surface area (Å²) in [5.41, 5.74) is -0.550. The van der Waals surface area contributed by atoms with Gasteiger partial charge in [0.05, 0.1) is 23.0 Å². The zero-order valence-corrected chi connectivity index (χ0v) is 11.0. The van der Waals surface area contributed by atoms with Crippen LogP contribution >= 0.6 is 0 Å². The summed E-state index contributed by atoms with van der Waals surface area (Å²) in [5.74, 6) is -0.686. The highest BCUT2D eigenvalue weighted by atomic mass is 32.2. The van der Waals surface area contributed by atoms with Crippen molar-refractivity contribution in [2.45, 2.75) is 6.92 Å². The first kappa shape index (κ1) is 15.2. The molecule has 0 aliphatic heterocycles. The molecule has 0 fully saturated rings. The first-order chi connectivity index (χ1) is 8.85. The number of sulfonamides is 1. The van der Waals surface area contributed by atoms with Crippen molar-refractivity contribution in [3.8, 4) is 5.75 Å². The van der Waals surface area contributed by atoms with Crippen LogP contribution in [0.5, 0.6) is 5.75 Å². The van der Waals surface area contributed by atoms with E-state index in [2.05, 4.69) is 4.72 Å². The second-order valence-electron chi connectivity index (χ2n) is 3.58. The van der Waals surface area contributed by atoms with Crippen LogP contribution in [-0.4, -0.2) is 37.4 Å². The number of hydrogen-bond donors (Lipinski definition) is 2. The van der Waals surface area contributed by atoms with Gasteiger partial charge in [-0.15, -0.1) is 0 Å². The van der Waals surface area contributed by atoms with Crippen molar-refractivity contribution in [3.05, 3.63) is 28.3 Å². The molecule has 0 unspecified atom stereocenters. The fourth-order valence-corrected chi connectivity index (χ4v) is 2.19. The van der Waals surface area contributed by atoms with Gasteiger partial charge in [-0.2, -0.15) is 0 Å². The van der Waals surface area contributed by atoms with E-state index >= 15 is 0 Å². The lowest BCUT2D eigenvalue weighted by atomic mass is 10.2. The lowest BCUT2D eigenvalue weighted by Crippen LogP contribution is -2.20. The Morgan fingerprint density at radius 2 is 2.16 bits per heavy atom. The summed E-state index contributed by atoms with van der Waals surface area (Å²) < 4.78 is 30.3. The number of non-ortho nitro benzene ring substituents is 1. The molecule has 0 atom stereocenters. The molecule has 1 aromatic rings. The Bertz CT molecular complexity index is 557. The number of phenols is 1. The highest BCUT2D eigenvalue weighted by Gasteiger charge is 2.16. The number of phenolic OH excluding ortho intramolecular Hbond substituents is 1. The van der Waals surface area contributed by atoms with E-state index in [1.807, 2.05) is 0 Å². The first-order valence-electron chi connectivity index (χ1n) is 5.41. The standard InChI is InChI=1S/C10H14N2O6S/c1-2-18-5-6-19(16,17)11-9-7-8(12(14)15)3-4-10(9)13/h3-4,7,11,13H,2,5-6H2,1H3. The molecule has 106 valence electrons. The maximum Gasteiger partial charge on any atom is 0.271 e. The molecular formula is C10H14N2O6S. The monoisotopic (exact) mass is 290 g/mol. The van der Waals surface area contributed by atoms with Crippen molar-refractivity contribution in [1.82, 2.24) is 0 Å². The van der Waals surface area contributed by atoms with Gasteiger partial charge in [0.2, 0.25) is 10.0 Å². The van der Waals surface area contributed by atoms with Gasteiger partial charge in [-0.05, 0) is 13.0 Å². The minimum Gasteiger partial charge on any atom is -0.506 e. The number of benzene rings is 1. The highest BCUT2D eigenvalue weighted by molar-refractivity contribution is 7.92. The molecule has 8 nitrogen and oxygen atoms in total. The molecule has 1 aromatic carbocycles. The molecule has 0 bridgehead atoms. The molecule has 0 saturated heterocycles. The lowest BCUT2D eigenvalue weighted by molar-refractivity contribution is -0.384. The number of rotatable bonds is 7. The van der Waals surface area contributed by atoms with Crippen LogP contribution in [-0.2, 0) is 14.8 Å². The minimum absolute atomic E-state index is 0.00151. The van der Waals surface area contributed by atoms with Gasteiger partial charge in [0, 0.05) is 18.7 Å². The average molecular weight is 290 g/mol. The van der Waals surface area contributed by atoms with Gasteiger partial charge in [0.25, 0.3) is 5.69 Å². The van der Waals surface area contributed by atoms with E-state index in [-0.39, 0.29) is 29.5 Å². The number of nitro groups is 1. The van der Waals surface area contributed by atoms with E-state index in [4.69, 9.17) is 4.74 Å². The van der Waals surface area contributed by atoms with Crippen molar-refractivity contribution in [2.24, 2.45) is 0 Å². The maximum absolute atomic E-state index is 11.6. The topological polar surface area (TPSA) is 119 Å². The molecule has 0 amide bonds. The van der Waals surface area contributed by atoms with E-state index in [9.17, 15) is 23.6 Å². The summed E-state index contributed by atoms with van der Waals surface area (Å²) in [6.07, 6.45) is 0. The predicted octanol–water partition coefficient (Wildman–Crippen LogP) is 1.08. The fraction of sp³-hybridized carbons (Fsp3) is 0.400. The van der Waals surface area contributed by atoms with Gasteiger partial charge in [-0.3, -0.25) is 14.8 Å². The zero-order chi connectivity index (χ0) is 14.5. The van der Waals surface area contributed by atoms with Crippen LogP contribution in [0.4, 0.5) is 11.4 Å². The van der Waals surface area contributed by atoms with Gasteiger partial charge >= 0.3 is 0 Å². The third kappa shape index (κ3) is 4.72. The summed E-state index contributed by atoms with van der Waals surface area (Å²) in [6.45, 7) is 2.12. The normalized spacial score (nSPS) is 11.2. The van der Waals surface area contributed by atoms with Crippen LogP contribution in [0.2, 0.25) is 0 Å². The fourth-order valence-electron chi connectivity index (χ4n) is 1.25. The summed E-state index contributed by atoms with van der Waals surface area (Å²) in [5, 5.41) is 20.0. The van der Waals surface area contributed by atoms with E-state index in [1.54, 1.807) is 6.92 Å². The Balaban J connectivity index is 2.86. The number of nitrogens with one attached hydrogen (secondary N) is 1. The van der Waals surface area contributed by atoms with Crippen LogP contribution in [0.1, 0.15) is 6.92 Å². The molecule has 9 heteroatoms. The second kappa shape index (κ2) is 6.34. The molecule has 0 aromatic heterocycles. The molecule has 0 aliphatic rings. The van der Waals surface area contributed by atoms with Crippen molar-refractivity contribution < 1.29 is 23.2 Å². The Morgan fingerprint density at radius 1 is 1.47 bits per heavy atom. The van der Waals surface area contributed by atoms with Crippen molar-refractivity contribution >= 4 is 21.4 Å².